The lowest BCUT2D eigenvalue weighted by molar-refractivity contribution is -0.0339. The Balaban J connectivity index is 1.61. The maximum absolute atomic E-state index is 6.24. The molecule has 3 rings (SSSR count). The van der Waals surface area contributed by atoms with E-state index in [0.717, 1.165) is 17.7 Å². The number of fused-ring (bicyclic) bond motifs is 1. The first-order chi connectivity index (χ1) is 7.52. The Morgan fingerprint density at radius 2 is 1.94 bits per heavy atom. The van der Waals surface area contributed by atoms with E-state index in [1.165, 1.54) is 38.5 Å². The van der Waals surface area contributed by atoms with E-state index in [9.17, 15) is 0 Å². The Morgan fingerprint density at radius 3 is 2.44 bits per heavy atom. The number of hydrogen-bond acceptors (Lipinski definition) is 1. The van der Waals surface area contributed by atoms with E-state index in [0.29, 0.717) is 11.5 Å². The SMILES string of the molecule is CC1(C)CCC(CC2(CCl)CC3CC3C2)O1. The topological polar surface area (TPSA) is 9.23 Å². The number of alkyl halides is 1. The van der Waals surface area contributed by atoms with E-state index in [-0.39, 0.29) is 5.60 Å². The van der Waals surface area contributed by atoms with Crippen LogP contribution in [0, 0.1) is 17.3 Å². The van der Waals surface area contributed by atoms with E-state index in [1.807, 2.05) is 0 Å². The van der Waals surface area contributed by atoms with Crippen LogP contribution in [0.3, 0.4) is 0 Å². The molecule has 1 aliphatic heterocycles. The standard InChI is InChI=1S/C14H23ClO/c1-13(2)4-3-12(16-13)8-14(9-15)6-10-5-11(10)7-14/h10-12H,3-9H2,1-2H3. The molecule has 1 heterocycles. The highest BCUT2D eigenvalue weighted by atomic mass is 35.5. The van der Waals surface area contributed by atoms with Crippen molar-refractivity contribution in [3.8, 4) is 0 Å². The second-order valence-corrected chi connectivity index (χ2v) is 7.31. The highest BCUT2D eigenvalue weighted by Gasteiger charge is 2.54. The maximum Gasteiger partial charge on any atom is 0.0631 e. The van der Waals surface area contributed by atoms with Crippen LogP contribution in [0.2, 0.25) is 0 Å². The second-order valence-electron chi connectivity index (χ2n) is 7.04. The number of ether oxygens (including phenoxy) is 1. The van der Waals surface area contributed by atoms with Gasteiger partial charge in [0.15, 0.2) is 0 Å². The van der Waals surface area contributed by atoms with Crippen molar-refractivity contribution in [3.63, 3.8) is 0 Å². The molecular weight excluding hydrogens is 220 g/mol. The summed E-state index contributed by atoms with van der Waals surface area (Å²) in [7, 11) is 0. The van der Waals surface area contributed by atoms with E-state index in [2.05, 4.69) is 13.8 Å². The summed E-state index contributed by atoms with van der Waals surface area (Å²) in [5.41, 5.74) is 0.542. The van der Waals surface area contributed by atoms with Crippen molar-refractivity contribution in [3.05, 3.63) is 0 Å². The Kier molecular flexibility index (Phi) is 2.57. The fourth-order valence-electron chi connectivity index (χ4n) is 4.04. The van der Waals surface area contributed by atoms with Crippen LogP contribution >= 0.6 is 11.6 Å². The molecule has 0 spiro atoms. The highest BCUT2D eigenvalue weighted by Crippen LogP contribution is 2.62. The van der Waals surface area contributed by atoms with E-state index < -0.39 is 0 Å². The van der Waals surface area contributed by atoms with Crippen molar-refractivity contribution in [1.29, 1.82) is 0 Å². The molecule has 2 aliphatic carbocycles. The normalized spacial score (nSPS) is 49.3. The first kappa shape index (κ1) is 11.3. The van der Waals surface area contributed by atoms with Gasteiger partial charge in [-0.3, -0.25) is 0 Å². The summed E-state index contributed by atoms with van der Waals surface area (Å²) in [6.45, 7) is 4.43. The summed E-state index contributed by atoms with van der Waals surface area (Å²) in [4.78, 5) is 0. The van der Waals surface area contributed by atoms with Crippen LogP contribution in [0.1, 0.15) is 52.4 Å². The van der Waals surface area contributed by atoms with Gasteiger partial charge in [-0.2, -0.15) is 0 Å². The van der Waals surface area contributed by atoms with Crippen LogP contribution in [0.15, 0.2) is 0 Å². The molecule has 92 valence electrons. The predicted molar refractivity (Wildman–Crippen MR) is 66.8 cm³/mol. The molecule has 0 bridgehead atoms. The van der Waals surface area contributed by atoms with Crippen molar-refractivity contribution in [1.82, 2.24) is 0 Å². The van der Waals surface area contributed by atoms with E-state index >= 15 is 0 Å². The van der Waals surface area contributed by atoms with Gasteiger partial charge < -0.3 is 4.74 Å². The molecule has 0 aromatic rings. The zero-order valence-corrected chi connectivity index (χ0v) is 11.2. The van der Waals surface area contributed by atoms with Gasteiger partial charge in [0.1, 0.15) is 0 Å². The van der Waals surface area contributed by atoms with E-state index in [1.54, 1.807) is 0 Å². The van der Waals surface area contributed by atoms with Crippen molar-refractivity contribution >= 4 is 11.6 Å². The molecule has 3 aliphatic rings. The lowest BCUT2D eigenvalue weighted by atomic mass is 9.79. The molecule has 1 nitrogen and oxygen atoms in total. The first-order valence-corrected chi connectivity index (χ1v) is 7.29. The van der Waals surface area contributed by atoms with Gasteiger partial charge in [-0.25, -0.2) is 0 Å². The van der Waals surface area contributed by atoms with Crippen LogP contribution in [-0.4, -0.2) is 17.6 Å². The van der Waals surface area contributed by atoms with Gasteiger partial charge >= 0.3 is 0 Å². The lowest BCUT2D eigenvalue weighted by Gasteiger charge is -2.32. The fourth-order valence-corrected chi connectivity index (χ4v) is 4.37. The largest absolute Gasteiger partial charge is 0.372 e. The average molecular weight is 243 g/mol. The zero-order valence-electron chi connectivity index (χ0n) is 10.5. The molecule has 2 heteroatoms. The molecule has 0 N–H and O–H groups in total. The summed E-state index contributed by atoms with van der Waals surface area (Å²) < 4.78 is 6.13. The van der Waals surface area contributed by atoms with Crippen molar-refractivity contribution in [2.45, 2.75) is 64.1 Å². The average Bonchev–Trinajstić information content (AvgIpc) is 2.67. The minimum atomic E-state index is 0.111. The molecule has 1 saturated heterocycles. The van der Waals surface area contributed by atoms with Gasteiger partial charge in [0.05, 0.1) is 11.7 Å². The molecule has 0 radical (unpaired) electrons. The molecule has 0 aromatic carbocycles. The van der Waals surface area contributed by atoms with Crippen LogP contribution in [0.4, 0.5) is 0 Å². The minimum absolute atomic E-state index is 0.111. The van der Waals surface area contributed by atoms with Crippen LogP contribution in [0.5, 0.6) is 0 Å². The predicted octanol–water partition coefficient (Wildman–Crippen LogP) is 3.99. The Morgan fingerprint density at radius 1 is 1.25 bits per heavy atom. The molecule has 0 aromatic heterocycles. The molecule has 0 amide bonds. The minimum Gasteiger partial charge on any atom is -0.372 e. The third-order valence-electron chi connectivity index (χ3n) is 4.96. The highest BCUT2D eigenvalue weighted by molar-refractivity contribution is 6.18. The third kappa shape index (κ3) is 2.01. The second kappa shape index (κ2) is 3.62. The first-order valence-electron chi connectivity index (χ1n) is 6.76. The molecule has 2 saturated carbocycles. The number of rotatable bonds is 3. The molecule has 16 heavy (non-hydrogen) atoms. The van der Waals surface area contributed by atoms with Crippen LogP contribution in [-0.2, 0) is 4.74 Å². The fraction of sp³-hybridized carbons (Fsp3) is 1.00. The molecule has 3 atom stereocenters. The van der Waals surface area contributed by atoms with Crippen molar-refractivity contribution < 1.29 is 4.74 Å². The molecule has 3 unspecified atom stereocenters. The monoisotopic (exact) mass is 242 g/mol. The third-order valence-corrected chi connectivity index (χ3v) is 5.52. The maximum atomic E-state index is 6.24. The molecular formula is C14H23ClO. The lowest BCUT2D eigenvalue weighted by Crippen LogP contribution is -2.29. The smallest absolute Gasteiger partial charge is 0.0631 e. The van der Waals surface area contributed by atoms with Crippen molar-refractivity contribution in [2.75, 3.05) is 5.88 Å². The number of hydrogen-bond donors (Lipinski definition) is 0. The van der Waals surface area contributed by atoms with Gasteiger partial charge in [0, 0.05) is 5.88 Å². The Bertz CT molecular complexity index is 276. The van der Waals surface area contributed by atoms with Crippen molar-refractivity contribution in [2.24, 2.45) is 17.3 Å². The van der Waals surface area contributed by atoms with Gasteiger partial charge in [0.25, 0.3) is 0 Å². The molecule has 3 fully saturated rings. The van der Waals surface area contributed by atoms with Crippen LogP contribution in [0.25, 0.3) is 0 Å². The number of halogens is 1. The van der Waals surface area contributed by atoms with Gasteiger partial charge in [-0.05, 0) is 69.6 Å². The summed E-state index contributed by atoms with van der Waals surface area (Å²) in [5, 5.41) is 0. The summed E-state index contributed by atoms with van der Waals surface area (Å²) in [5.74, 6) is 2.89. The van der Waals surface area contributed by atoms with Gasteiger partial charge in [-0.15, -0.1) is 11.6 Å². The Hall–Kier alpha value is 0.250. The van der Waals surface area contributed by atoms with Crippen LogP contribution < -0.4 is 0 Å². The quantitative estimate of drug-likeness (QED) is 0.680. The zero-order chi connectivity index (χ0) is 11.4. The van der Waals surface area contributed by atoms with Gasteiger partial charge in [-0.1, -0.05) is 0 Å². The Labute approximate surface area is 104 Å². The van der Waals surface area contributed by atoms with E-state index in [4.69, 9.17) is 16.3 Å². The summed E-state index contributed by atoms with van der Waals surface area (Å²) >= 11 is 6.24. The van der Waals surface area contributed by atoms with Gasteiger partial charge in [0.2, 0.25) is 0 Å². The summed E-state index contributed by atoms with van der Waals surface area (Å²) in [6.07, 6.45) is 8.38. The summed E-state index contributed by atoms with van der Waals surface area (Å²) in [6, 6.07) is 0.